The van der Waals surface area contributed by atoms with Crippen LogP contribution in [0.3, 0.4) is 0 Å². The molecule has 3 rings (SSSR count). The highest BCUT2D eigenvalue weighted by molar-refractivity contribution is 6.23. The van der Waals surface area contributed by atoms with E-state index in [0.717, 1.165) is 25.7 Å². The molecule has 3 amide bonds. The lowest BCUT2D eigenvalue weighted by molar-refractivity contribution is -0.129. The van der Waals surface area contributed by atoms with Crippen LogP contribution in [0.4, 0.5) is 4.79 Å². The normalized spacial score (nSPS) is 28.0. The quantitative estimate of drug-likeness (QED) is 0.662. The summed E-state index contributed by atoms with van der Waals surface area (Å²) in [4.78, 5) is 35.9. The molecule has 19 heavy (non-hydrogen) atoms. The number of nitrogens with zero attached hydrogens (tertiary/aromatic N) is 4. The van der Waals surface area contributed by atoms with Gasteiger partial charge >= 0.3 is 6.03 Å². The van der Waals surface area contributed by atoms with Gasteiger partial charge in [-0.3, -0.25) is 19.6 Å². The van der Waals surface area contributed by atoms with Crippen LogP contribution < -0.4 is 0 Å². The molecule has 1 atom stereocenters. The highest BCUT2D eigenvalue weighted by Crippen LogP contribution is 2.21. The number of carbonyl (C=O) groups is 2. The van der Waals surface area contributed by atoms with E-state index in [9.17, 15) is 9.59 Å². The predicted molar refractivity (Wildman–Crippen MR) is 71.2 cm³/mol. The Morgan fingerprint density at radius 1 is 0.947 bits per heavy atom. The van der Waals surface area contributed by atoms with Gasteiger partial charge in [-0.15, -0.1) is 0 Å². The van der Waals surface area contributed by atoms with Gasteiger partial charge in [-0.2, -0.15) is 0 Å². The van der Waals surface area contributed by atoms with Crippen molar-refractivity contribution in [2.45, 2.75) is 44.6 Å². The van der Waals surface area contributed by atoms with Crippen molar-refractivity contribution in [2.24, 2.45) is 9.98 Å². The number of rotatable bonds is 0. The molecule has 0 N–H and O–H groups in total. The third-order valence-corrected chi connectivity index (χ3v) is 3.90. The fourth-order valence-corrected chi connectivity index (χ4v) is 2.84. The molecule has 3 heterocycles. The monoisotopic (exact) mass is 262 g/mol. The highest BCUT2D eigenvalue weighted by atomic mass is 16.2. The van der Waals surface area contributed by atoms with Crippen LogP contribution in [0.2, 0.25) is 0 Å². The van der Waals surface area contributed by atoms with Gasteiger partial charge in [-0.1, -0.05) is 25.7 Å². The molecule has 6 nitrogen and oxygen atoms in total. The SMILES string of the molecule is O=C1C2N=CN=C2N2CCCCCCCCN1C2=O. The molecular weight excluding hydrogens is 244 g/mol. The van der Waals surface area contributed by atoms with Gasteiger partial charge in [0.1, 0.15) is 12.2 Å². The van der Waals surface area contributed by atoms with Crippen molar-refractivity contribution in [3.8, 4) is 0 Å². The van der Waals surface area contributed by atoms with E-state index in [2.05, 4.69) is 9.98 Å². The molecule has 6 heteroatoms. The summed E-state index contributed by atoms with van der Waals surface area (Å²) in [5.74, 6) is 0.304. The van der Waals surface area contributed by atoms with Gasteiger partial charge in [-0.25, -0.2) is 9.79 Å². The minimum atomic E-state index is -0.585. The maximum absolute atomic E-state index is 12.4. The standard InChI is InChI=1S/C13H18N4O2/c18-12-10-11(15-9-14-10)16-7-5-3-1-2-4-6-8-17(12)13(16)19/h9-10H,1-8H2. The summed E-state index contributed by atoms with van der Waals surface area (Å²) in [5, 5.41) is 0. The Kier molecular flexibility index (Phi) is 3.31. The Balaban J connectivity index is 1.88. The maximum atomic E-state index is 12.4. The van der Waals surface area contributed by atoms with Gasteiger partial charge < -0.3 is 0 Å². The molecule has 2 bridgehead atoms. The number of carbonyl (C=O) groups excluding carboxylic acids is 2. The van der Waals surface area contributed by atoms with Crippen molar-refractivity contribution in [1.29, 1.82) is 0 Å². The van der Waals surface area contributed by atoms with Crippen LogP contribution >= 0.6 is 0 Å². The number of amides is 3. The van der Waals surface area contributed by atoms with Crippen LogP contribution in [0.15, 0.2) is 9.98 Å². The zero-order chi connectivity index (χ0) is 13.2. The molecule has 0 saturated carbocycles. The largest absolute Gasteiger partial charge is 0.332 e. The molecule has 0 aromatic rings. The fourth-order valence-electron chi connectivity index (χ4n) is 2.84. The van der Waals surface area contributed by atoms with Crippen LogP contribution in [0.25, 0.3) is 0 Å². The number of urea groups is 1. The third-order valence-electron chi connectivity index (χ3n) is 3.90. The molecule has 0 aliphatic carbocycles. The van der Waals surface area contributed by atoms with Crippen molar-refractivity contribution in [2.75, 3.05) is 13.1 Å². The first-order valence-electron chi connectivity index (χ1n) is 7.01. The van der Waals surface area contributed by atoms with Crippen molar-refractivity contribution >= 4 is 24.1 Å². The Hall–Kier alpha value is -1.72. The second-order valence-corrected chi connectivity index (χ2v) is 5.20. The van der Waals surface area contributed by atoms with E-state index >= 15 is 0 Å². The lowest BCUT2D eigenvalue weighted by Crippen LogP contribution is -2.61. The molecule has 0 spiro atoms. The topological polar surface area (TPSA) is 65.3 Å². The van der Waals surface area contributed by atoms with Gasteiger partial charge in [0, 0.05) is 13.1 Å². The first-order valence-corrected chi connectivity index (χ1v) is 7.01. The molecular formula is C13H18N4O2. The van der Waals surface area contributed by atoms with E-state index < -0.39 is 6.04 Å². The van der Waals surface area contributed by atoms with Crippen LogP contribution in [-0.2, 0) is 4.79 Å². The number of hydrogen-bond acceptors (Lipinski definition) is 4. The van der Waals surface area contributed by atoms with Crippen molar-refractivity contribution in [3.05, 3.63) is 0 Å². The van der Waals surface area contributed by atoms with E-state index in [1.165, 1.54) is 24.1 Å². The number of hydrogen-bond donors (Lipinski definition) is 0. The molecule has 3 aliphatic heterocycles. The first kappa shape index (κ1) is 12.3. The van der Waals surface area contributed by atoms with E-state index in [1.54, 1.807) is 4.90 Å². The Morgan fingerprint density at radius 2 is 1.58 bits per heavy atom. The van der Waals surface area contributed by atoms with Gasteiger partial charge in [0.05, 0.1) is 0 Å². The van der Waals surface area contributed by atoms with Crippen molar-refractivity contribution in [1.82, 2.24) is 9.80 Å². The van der Waals surface area contributed by atoms with Crippen molar-refractivity contribution in [3.63, 3.8) is 0 Å². The summed E-state index contributed by atoms with van der Waals surface area (Å²) in [5.41, 5.74) is 0. The van der Waals surface area contributed by atoms with Gasteiger partial charge in [-0.05, 0) is 12.8 Å². The molecule has 1 unspecified atom stereocenters. The lowest BCUT2D eigenvalue weighted by Gasteiger charge is -2.36. The summed E-state index contributed by atoms with van der Waals surface area (Å²) < 4.78 is 0. The molecule has 102 valence electrons. The summed E-state index contributed by atoms with van der Waals surface area (Å²) in [6.45, 7) is 1.15. The van der Waals surface area contributed by atoms with E-state index in [1.807, 2.05) is 0 Å². The minimum Gasteiger partial charge on any atom is -0.279 e. The predicted octanol–water partition coefficient (Wildman–Crippen LogP) is 1.41. The number of fused-ring (bicyclic) bond motifs is 4. The number of imide groups is 1. The molecule has 0 aromatic carbocycles. The van der Waals surface area contributed by atoms with E-state index in [0.29, 0.717) is 18.9 Å². The van der Waals surface area contributed by atoms with E-state index in [-0.39, 0.29) is 11.9 Å². The second-order valence-electron chi connectivity index (χ2n) is 5.20. The summed E-state index contributed by atoms with van der Waals surface area (Å²) in [6, 6.07) is -0.800. The molecule has 3 aliphatic rings. The zero-order valence-electron chi connectivity index (χ0n) is 10.9. The van der Waals surface area contributed by atoms with Crippen LogP contribution in [-0.4, -0.2) is 53.0 Å². The van der Waals surface area contributed by atoms with Crippen LogP contribution in [0, 0.1) is 0 Å². The van der Waals surface area contributed by atoms with E-state index in [4.69, 9.17) is 0 Å². The lowest BCUT2D eigenvalue weighted by atomic mass is 10.1. The number of aliphatic imine (C=N–C) groups is 2. The van der Waals surface area contributed by atoms with Gasteiger partial charge in [0.25, 0.3) is 5.91 Å². The summed E-state index contributed by atoms with van der Waals surface area (Å²) in [7, 11) is 0. The smallest absolute Gasteiger partial charge is 0.279 e. The maximum Gasteiger partial charge on any atom is 0.332 e. The molecule has 2 fully saturated rings. The zero-order valence-corrected chi connectivity index (χ0v) is 10.9. The molecule has 0 radical (unpaired) electrons. The second kappa shape index (κ2) is 5.11. The van der Waals surface area contributed by atoms with Gasteiger partial charge in [0.2, 0.25) is 0 Å². The average molecular weight is 262 g/mol. The first-order chi connectivity index (χ1) is 9.29. The highest BCUT2D eigenvalue weighted by Gasteiger charge is 2.44. The Bertz CT molecular complexity index is 458. The Labute approximate surface area is 112 Å². The van der Waals surface area contributed by atoms with Crippen LogP contribution in [0.5, 0.6) is 0 Å². The minimum absolute atomic E-state index is 0.215. The number of amidine groups is 1. The molecule has 2 saturated heterocycles. The van der Waals surface area contributed by atoms with Crippen LogP contribution in [0.1, 0.15) is 38.5 Å². The molecule has 0 aromatic heterocycles. The van der Waals surface area contributed by atoms with Gasteiger partial charge in [0.15, 0.2) is 6.04 Å². The summed E-state index contributed by atoms with van der Waals surface area (Å²) >= 11 is 0. The third kappa shape index (κ3) is 2.15. The Morgan fingerprint density at radius 3 is 2.32 bits per heavy atom. The average Bonchev–Trinajstić information content (AvgIpc) is 2.87. The fraction of sp³-hybridized carbons (Fsp3) is 0.692. The summed E-state index contributed by atoms with van der Waals surface area (Å²) in [6.07, 6.45) is 7.81. The van der Waals surface area contributed by atoms with Crippen molar-refractivity contribution < 1.29 is 9.59 Å².